The van der Waals surface area contributed by atoms with Gasteiger partial charge < -0.3 is 10.2 Å². The maximum absolute atomic E-state index is 12.0. The molecule has 1 aromatic heterocycles. The van der Waals surface area contributed by atoms with Gasteiger partial charge in [0.05, 0.1) is 5.56 Å². The smallest absolute Gasteiger partial charge is 0.252 e. The second-order valence-corrected chi connectivity index (χ2v) is 6.38. The molecule has 1 fully saturated rings. The highest BCUT2D eigenvalue weighted by Crippen LogP contribution is 2.20. The average molecular weight is 280 g/mol. The molecule has 0 bridgehead atoms. The third kappa shape index (κ3) is 3.56. The first-order valence-corrected chi connectivity index (χ1v) is 7.52. The summed E-state index contributed by atoms with van der Waals surface area (Å²) >= 11 is 1.62. The van der Waals surface area contributed by atoms with Crippen molar-refractivity contribution in [2.45, 2.75) is 33.1 Å². The molecular formula is C14H20N2O2S. The predicted molar refractivity (Wildman–Crippen MR) is 76.6 cm³/mol. The van der Waals surface area contributed by atoms with E-state index in [9.17, 15) is 9.59 Å². The molecule has 2 rings (SSSR count). The Kier molecular flexibility index (Phi) is 4.58. The Hall–Kier alpha value is -1.36. The van der Waals surface area contributed by atoms with Crippen molar-refractivity contribution in [3.8, 4) is 0 Å². The van der Waals surface area contributed by atoms with Gasteiger partial charge in [0.15, 0.2) is 0 Å². The second kappa shape index (κ2) is 6.19. The lowest BCUT2D eigenvalue weighted by Gasteiger charge is -2.15. The molecule has 5 heteroatoms. The van der Waals surface area contributed by atoms with Gasteiger partial charge in [-0.1, -0.05) is 0 Å². The van der Waals surface area contributed by atoms with E-state index in [-0.39, 0.29) is 11.8 Å². The molecule has 1 saturated heterocycles. The van der Waals surface area contributed by atoms with Crippen LogP contribution in [0.2, 0.25) is 0 Å². The number of carbonyl (C=O) groups excluding carboxylic acids is 2. The van der Waals surface area contributed by atoms with Gasteiger partial charge in [-0.3, -0.25) is 9.59 Å². The molecule has 1 aliphatic rings. The summed E-state index contributed by atoms with van der Waals surface area (Å²) in [7, 11) is 0. The van der Waals surface area contributed by atoms with Crippen LogP contribution in [0.4, 0.5) is 0 Å². The van der Waals surface area contributed by atoms with Gasteiger partial charge in [-0.05, 0) is 32.8 Å². The number of aryl methyl sites for hydroxylation is 2. The van der Waals surface area contributed by atoms with Gasteiger partial charge in [0, 0.05) is 35.8 Å². The number of nitrogens with one attached hydrogen (secondary N) is 1. The van der Waals surface area contributed by atoms with E-state index in [0.29, 0.717) is 13.0 Å². The van der Waals surface area contributed by atoms with Crippen LogP contribution in [0.25, 0.3) is 0 Å². The molecule has 0 aliphatic carbocycles. The SMILES string of the molecule is Cc1cc(C(=O)NCCC(=O)N2CCCC2)c(C)s1. The van der Waals surface area contributed by atoms with E-state index in [4.69, 9.17) is 0 Å². The molecule has 2 amide bonds. The van der Waals surface area contributed by atoms with Crippen LogP contribution in [0.1, 0.15) is 39.4 Å². The normalized spacial score (nSPS) is 14.7. The van der Waals surface area contributed by atoms with Crippen LogP contribution in [-0.4, -0.2) is 36.3 Å². The van der Waals surface area contributed by atoms with Crippen molar-refractivity contribution in [1.82, 2.24) is 10.2 Å². The Bertz CT molecular complexity index is 476. The minimum atomic E-state index is -0.0731. The summed E-state index contributed by atoms with van der Waals surface area (Å²) in [6, 6.07) is 1.90. The first kappa shape index (κ1) is 14.1. The van der Waals surface area contributed by atoms with Crippen LogP contribution in [-0.2, 0) is 4.79 Å². The Morgan fingerprint density at radius 1 is 1.32 bits per heavy atom. The topological polar surface area (TPSA) is 49.4 Å². The van der Waals surface area contributed by atoms with Crippen molar-refractivity contribution < 1.29 is 9.59 Å². The Labute approximate surface area is 117 Å². The van der Waals surface area contributed by atoms with E-state index < -0.39 is 0 Å². The number of hydrogen-bond acceptors (Lipinski definition) is 3. The van der Waals surface area contributed by atoms with Crippen LogP contribution in [0, 0.1) is 13.8 Å². The number of nitrogens with zero attached hydrogens (tertiary/aromatic N) is 1. The van der Waals surface area contributed by atoms with Gasteiger partial charge >= 0.3 is 0 Å². The lowest BCUT2D eigenvalue weighted by molar-refractivity contribution is -0.129. The number of hydrogen-bond donors (Lipinski definition) is 1. The fourth-order valence-corrected chi connectivity index (χ4v) is 3.28. The van der Waals surface area contributed by atoms with Crippen LogP contribution in [0.5, 0.6) is 0 Å². The van der Waals surface area contributed by atoms with Crippen molar-refractivity contribution in [3.63, 3.8) is 0 Å². The molecule has 2 heterocycles. The molecule has 1 aliphatic heterocycles. The van der Waals surface area contributed by atoms with E-state index in [1.165, 1.54) is 0 Å². The summed E-state index contributed by atoms with van der Waals surface area (Å²) in [6.07, 6.45) is 2.60. The summed E-state index contributed by atoms with van der Waals surface area (Å²) < 4.78 is 0. The first-order valence-electron chi connectivity index (χ1n) is 6.71. The third-order valence-electron chi connectivity index (χ3n) is 3.37. The van der Waals surface area contributed by atoms with Crippen molar-refractivity contribution in [2.24, 2.45) is 0 Å². The Morgan fingerprint density at radius 3 is 2.58 bits per heavy atom. The van der Waals surface area contributed by atoms with E-state index in [2.05, 4.69) is 5.32 Å². The van der Waals surface area contributed by atoms with Crippen LogP contribution in [0.3, 0.4) is 0 Å². The number of likely N-dealkylation sites (tertiary alicyclic amines) is 1. The maximum atomic E-state index is 12.0. The summed E-state index contributed by atoms with van der Waals surface area (Å²) in [5.74, 6) is 0.0760. The molecule has 0 spiro atoms. The number of thiophene rings is 1. The maximum Gasteiger partial charge on any atom is 0.252 e. The van der Waals surface area contributed by atoms with Crippen LogP contribution < -0.4 is 5.32 Å². The highest BCUT2D eigenvalue weighted by molar-refractivity contribution is 7.12. The van der Waals surface area contributed by atoms with Gasteiger partial charge in [-0.25, -0.2) is 0 Å². The van der Waals surface area contributed by atoms with Crippen molar-refractivity contribution in [2.75, 3.05) is 19.6 Å². The molecule has 104 valence electrons. The quantitative estimate of drug-likeness (QED) is 0.918. The van der Waals surface area contributed by atoms with Gasteiger partial charge in [-0.2, -0.15) is 0 Å². The standard InChI is InChI=1S/C14H20N2O2S/c1-10-9-12(11(2)19-10)14(18)15-6-5-13(17)16-7-3-4-8-16/h9H,3-8H2,1-2H3,(H,15,18). The monoisotopic (exact) mass is 280 g/mol. The molecule has 0 atom stereocenters. The first-order chi connectivity index (χ1) is 9.08. The number of amides is 2. The zero-order chi connectivity index (χ0) is 13.8. The fraction of sp³-hybridized carbons (Fsp3) is 0.571. The molecule has 0 aromatic carbocycles. The summed E-state index contributed by atoms with van der Waals surface area (Å²) in [5, 5.41) is 2.83. The van der Waals surface area contributed by atoms with Crippen molar-refractivity contribution >= 4 is 23.2 Å². The number of carbonyl (C=O) groups is 2. The summed E-state index contributed by atoms with van der Waals surface area (Å²) in [4.78, 5) is 27.8. The highest BCUT2D eigenvalue weighted by Gasteiger charge is 2.18. The molecule has 19 heavy (non-hydrogen) atoms. The lowest BCUT2D eigenvalue weighted by Crippen LogP contribution is -2.32. The largest absolute Gasteiger partial charge is 0.351 e. The van der Waals surface area contributed by atoms with Gasteiger partial charge in [-0.15, -0.1) is 11.3 Å². The van der Waals surface area contributed by atoms with Gasteiger partial charge in [0.25, 0.3) is 5.91 Å². The van der Waals surface area contributed by atoms with Crippen LogP contribution in [0.15, 0.2) is 6.07 Å². The van der Waals surface area contributed by atoms with E-state index >= 15 is 0 Å². The zero-order valence-corrected chi connectivity index (χ0v) is 12.3. The minimum absolute atomic E-state index is 0.0731. The zero-order valence-electron chi connectivity index (χ0n) is 11.5. The third-order valence-corrected chi connectivity index (χ3v) is 4.33. The van der Waals surface area contributed by atoms with Crippen LogP contribution >= 0.6 is 11.3 Å². The van der Waals surface area contributed by atoms with E-state index in [1.54, 1.807) is 11.3 Å². The van der Waals surface area contributed by atoms with Crippen molar-refractivity contribution in [1.29, 1.82) is 0 Å². The van der Waals surface area contributed by atoms with Gasteiger partial charge in [0.1, 0.15) is 0 Å². The number of rotatable bonds is 4. The summed E-state index contributed by atoms with van der Waals surface area (Å²) in [6.45, 7) is 6.10. The molecule has 1 N–H and O–H groups in total. The Morgan fingerprint density at radius 2 is 2.00 bits per heavy atom. The molecule has 0 unspecified atom stereocenters. The molecular weight excluding hydrogens is 260 g/mol. The fourth-order valence-electron chi connectivity index (χ4n) is 2.36. The molecule has 0 radical (unpaired) electrons. The average Bonchev–Trinajstić information content (AvgIpc) is 2.98. The van der Waals surface area contributed by atoms with Crippen molar-refractivity contribution in [3.05, 3.63) is 21.4 Å². The molecule has 1 aromatic rings. The predicted octanol–water partition coefficient (Wildman–Crippen LogP) is 2.11. The second-order valence-electron chi connectivity index (χ2n) is 4.92. The summed E-state index contributed by atoms with van der Waals surface area (Å²) in [5.41, 5.74) is 0.733. The van der Waals surface area contributed by atoms with E-state index in [0.717, 1.165) is 41.2 Å². The van der Waals surface area contributed by atoms with E-state index in [1.807, 2.05) is 24.8 Å². The molecule has 0 saturated carbocycles. The minimum Gasteiger partial charge on any atom is -0.351 e. The van der Waals surface area contributed by atoms with Gasteiger partial charge in [0.2, 0.25) is 5.91 Å². The highest BCUT2D eigenvalue weighted by atomic mass is 32.1. The Balaban J connectivity index is 1.77. The molecule has 4 nitrogen and oxygen atoms in total. The lowest BCUT2D eigenvalue weighted by atomic mass is 10.2.